The normalized spacial score (nSPS) is 24.5. The summed E-state index contributed by atoms with van der Waals surface area (Å²) in [5, 5.41) is 22.6. The van der Waals surface area contributed by atoms with E-state index in [4.69, 9.17) is 0 Å². The van der Waals surface area contributed by atoms with E-state index >= 15 is 0 Å². The fourth-order valence-corrected chi connectivity index (χ4v) is 4.57. The molecule has 0 unspecified atom stereocenters. The molecule has 5 rings (SSSR count). The zero-order valence-corrected chi connectivity index (χ0v) is 14.5. The fraction of sp³-hybridized carbons (Fsp3) is 0.368. The Hall–Kier alpha value is -3.03. The van der Waals surface area contributed by atoms with Crippen molar-refractivity contribution in [1.29, 1.82) is 0 Å². The van der Waals surface area contributed by atoms with Gasteiger partial charge in [-0.1, -0.05) is 18.6 Å². The summed E-state index contributed by atoms with van der Waals surface area (Å²) in [6, 6.07) is 9.97. The maximum absolute atomic E-state index is 14.2. The number of aliphatic carboxylic acids is 1. The molecule has 0 radical (unpaired) electrons. The van der Waals surface area contributed by atoms with Crippen molar-refractivity contribution in [2.75, 3.05) is 18.0 Å². The Bertz CT molecular complexity index is 1050. The number of rotatable bonds is 3. The minimum atomic E-state index is -0.718. The van der Waals surface area contributed by atoms with E-state index in [-0.39, 0.29) is 11.7 Å². The lowest BCUT2D eigenvalue weighted by Gasteiger charge is -2.23. The van der Waals surface area contributed by atoms with Crippen molar-refractivity contribution in [2.45, 2.75) is 19.3 Å². The smallest absolute Gasteiger partial charge is 0.311 e. The number of carboxylic acids is 1. The number of hydrogen-bond acceptors (Lipinski definition) is 5. The molecule has 2 atom stereocenters. The number of aromatic nitrogens is 4. The molecule has 0 amide bonds. The van der Waals surface area contributed by atoms with Gasteiger partial charge in [-0.2, -0.15) is 4.52 Å². The van der Waals surface area contributed by atoms with Gasteiger partial charge in [0.2, 0.25) is 0 Å². The Labute approximate surface area is 154 Å². The number of nitrogens with zero attached hydrogens (tertiary/aromatic N) is 5. The Morgan fingerprint density at radius 3 is 2.85 bits per heavy atom. The monoisotopic (exact) mass is 367 g/mol. The van der Waals surface area contributed by atoms with Crippen LogP contribution in [-0.4, -0.2) is 44.0 Å². The number of anilines is 1. The quantitative estimate of drug-likeness (QED) is 0.766. The van der Waals surface area contributed by atoms with Crippen LogP contribution in [0.4, 0.5) is 10.2 Å². The molecule has 8 heteroatoms. The molecule has 138 valence electrons. The Morgan fingerprint density at radius 1 is 1.22 bits per heavy atom. The second-order valence-corrected chi connectivity index (χ2v) is 7.40. The molecule has 1 N–H and O–H groups in total. The van der Waals surface area contributed by atoms with E-state index in [0.29, 0.717) is 42.4 Å². The molecular weight excluding hydrogens is 349 g/mol. The van der Waals surface area contributed by atoms with Crippen molar-refractivity contribution < 1.29 is 14.3 Å². The van der Waals surface area contributed by atoms with Gasteiger partial charge in [0, 0.05) is 13.1 Å². The molecule has 1 aliphatic heterocycles. The first-order chi connectivity index (χ1) is 13.1. The van der Waals surface area contributed by atoms with Crippen LogP contribution in [0, 0.1) is 17.2 Å². The summed E-state index contributed by atoms with van der Waals surface area (Å²) in [7, 11) is 0. The highest BCUT2D eigenvalue weighted by atomic mass is 19.1. The van der Waals surface area contributed by atoms with Crippen LogP contribution in [0.5, 0.6) is 0 Å². The average molecular weight is 367 g/mol. The van der Waals surface area contributed by atoms with Crippen LogP contribution in [0.2, 0.25) is 0 Å². The predicted octanol–water partition coefficient (Wildman–Crippen LogP) is 2.62. The van der Waals surface area contributed by atoms with E-state index in [9.17, 15) is 14.3 Å². The van der Waals surface area contributed by atoms with E-state index in [2.05, 4.69) is 15.3 Å². The minimum Gasteiger partial charge on any atom is -0.481 e. The Morgan fingerprint density at radius 2 is 2.07 bits per heavy atom. The molecule has 27 heavy (non-hydrogen) atoms. The summed E-state index contributed by atoms with van der Waals surface area (Å²) >= 11 is 0. The van der Waals surface area contributed by atoms with Crippen LogP contribution < -0.4 is 4.90 Å². The van der Waals surface area contributed by atoms with Crippen LogP contribution in [0.1, 0.15) is 19.3 Å². The van der Waals surface area contributed by atoms with Crippen molar-refractivity contribution in [3.05, 3.63) is 42.2 Å². The predicted molar refractivity (Wildman–Crippen MR) is 95.8 cm³/mol. The van der Waals surface area contributed by atoms with Crippen molar-refractivity contribution in [2.24, 2.45) is 11.3 Å². The summed E-state index contributed by atoms with van der Waals surface area (Å²) < 4.78 is 15.7. The lowest BCUT2D eigenvalue weighted by molar-refractivity contribution is -0.149. The molecule has 2 aromatic heterocycles. The molecule has 0 bridgehead atoms. The second kappa shape index (κ2) is 5.73. The fourth-order valence-electron chi connectivity index (χ4n) is 4.57. The van der Waals surface area contributed by atoms with Crippen molar-refractivity contribution in [3.8, 4) is 11.4 Å². The summed E-state index contributed by atoms with van der Waals surface area (Å²) in [6.45, 7) is 1.12. The van der Waals surface area contributed by atoms with E-state index < -0.39 is 11.4 Å². The lowest BCUT2D eigenvalue weighted by Crippen LogP contribution is -2.35. The number of benzene rings is 1. The molecule has 1 saturated carbocycles. The third-order valence-corrected chi connectivity index (χ3v) is 5.98. The maximum Gasteiger partial charge on any atom is 0.311 e. The SMILES string of the molecule is O=C(O)[C@@]12CCC[C@H]1CN(c1ccc3nnc(-c4ccccc4F)n3n1)C2. The average Bonchev–Trinajstić information content (AvgIpc) is 3.34. The summed E-state index contributed by atoms with van der Waals surface area (Å²) in [5.41, 5.74) is 0.164. The summed E-state index contributed by atoms with van der Waals surface area (Å²) in [6.07, 6.45) is 2.59. The van der Waals surface area contributed by atoms with Crippen molar-refractivity contribution >= 4 is 17.4 Å². The Kier molecular flexibility index (Phi) is 3.43. The molecule has 1 aromatic carbocycles. The van der Waals surface area contributed by atoms with E-state index in [1.54, 1.807) is 24.3 Å². The molecule has 2 aliphatic rings. The molecule has 3 heterocycles. The topological polar surface area (TPSA) is 83.6 Å². The van der Waals surface area contributed by atoms with Crippen molar-refractivity contribution in [3.63, 3.8) is 0 Å². The van der Waals surface area contributed by atoms with Gasteiger partial charge in [-0.05, 0) is 43.0 Å². The van der Waals surface area contributed by atoms with Gasteiger partial charge >= 0.3 is 5.97 Å². The standard InChI is InChI=1S/C19H18FN5O2/c20-14-6-2-1-5-13(14)17-22-21-15-7-8-16(23-25(15)17)24-10-12-4-3-9-19(12,11-24)18(26)27/h1-2,5-8,12H,3-4,9-11H2,(H,26,27)/t12-,19+/m0/s1. The molecule has 1 saturated heterocycles. The second-order valence-electron chi connectivity index (χ2n) is 7.40. The van der Waals surface area contributed by atoms with Gasteiger partial charge < -0.3 is 10.0 Å². The van der Waals surface area contributed by atoms with Gasteiger partial charge in [0.15, 0.2) is 11.5 Å². The third-order valence-electron chi connectivity index (χ3n) is 5.98. The van der Waals surface area contributed by atoms with Crippen LogP contribution in [0.3, 0.4) is 0 Å². The van der Waals surface area contributed by atoms with Gasteiger partial charge in [0.05, 0.1) is 11.0 Å². The first-order valence-electron chi connectivity index (χ1n) is 9.04. The number of hydrogen-bond donors (Lipinski definition) is 1. The highest BCUT2D eigenvalue weighted by molar-refractivity contribution is 5.78. The van der Waals surface area contributed by atoms with Crippen LogP contribution in [0.15, 0.2) is 36.4 Å². The molecular formula is C19H18FN5O2. The number of carbonyl (C=O) groups is 1. The zero-order valence-electron chi connectivity index (χ0n) is 14.5. The van der Waals surface area contributed by atoms with E-state index in [0.717, 1.165) is 12.8 Å². The molecule has 7 nitrogen and oxygen atoms in total. The third kappa shape index (κ3) is 2.32. The lowest BCUT2D eigenvalue weighted by atomic mass is 9.81. The molecule has 1 aliphatic carbocycles. The highest BCUT2D eigenvalue weighted by Gasteiger charge is 2.55. The highest BCUT2D eigenvalue weighted by Crippen LogP contribution is 2.49. The van der Waals surface area contributed by atoms with Gasteiger partial charge in [-0.3, -0.25) is 4.79 Å². The number of halogens is 1. The largest absolute Gasteiger partial charge is 0.481 e. The number of fused-ring (bicyclic) bond motifs is 2. The van der Waals surface area contributed by atoms with Crippen LogP contribution in [0.25, 0.3) is 17.0 Å². The van der Waals surface area contributed by atoms with E-state index in [1.807, 2.05) is 11.0 Å². The first kappa shape index (κ1) is 16.2. The summed E-state index contributed by atoms with van der Waals surface area (Å²) in [5.74, 6) is 0.0242. The van der Waals surface area contributed by atoms with E-state index in [1.165, 1.54) is 10.6 Å². The zero-order chi connectivity index (χ0) is 18.6. The van der Waals surface area contributed by atoms with Crippen LogP contribution in [-0.2, 0) is 4.79 Å². The van der Waals surface area contributed by atoms with Gasteiger partial charge in [0.1, 0.15) is 11.6 Å². The molecule has 3 aromatic rings. The first-order valence-corrected chi connectivity index (χ1v) is 9.04. The summed E-state index contributed by atoms with van der Waals surface area (Å²) in [4.78, 5) is 13.9. The van der Waals surface area contributed by atoms with Gasteiger partial charge in [-0.25, -0.2) is 4.39 Å². The van der Waals surface area contributed by atoms with Gasteiger partial charge in [-0.15, -0.1) is 15.3 Å². The number of carboxylic acid groups (broad SMARTS) is 1. The van der Waals surface area contributed by atoms with Crippen molar-refractivity contribution in [1.82, 2.24) is 19.8 Å². The molecule has 0 spiro atoms. The van der Waals surface area contributed by atoms with Gasteiger partial charge in [0.25, 0.3) is 0 Å². The minimum absolute atomic E-state index is 0.138. The Balaban J connectivity index is 1.55. The van der Waals surface area contributed by atoms with Crippen LogP contribution >= 0.6 is 0 Å². The molecule has 2 fully saturated rings. The maximum atomic E-state index is 14.2.